The van der Waals surface area contributed by atoms with Gasteiger partial charge in [0.1, 0.15) is 12.1 Å². The second-order valence-electron chi connectivity index (χ2n) is 7.66. The minimum atomic E-state index is -0.157. The van der Waals surface area contributed by atoms with Gasteiger partial charge in [-0.2, -0.15) is 4.52 Å². The first-order valence-corrected chi connectivity index (χ1v) is 10.4. The SMILES string of the molecule is O=C(NC1(c2ccc(Br)cc2)CC1)C1CCN(c2ccc3nncn3n2)CC1. The molecular formula is C20H21BrN6O. The lowest BCUT2D eigenvalue weighted by Crippen LogP contribution is -2.44. The monoisotopic (exact) mass is 440 g/mol. The largest absolute Gasteiger partial charge is 0.355 e. The molecule has 1 saturated carbocycles. The molecule has 0 atom stereocenters. The van der Waals surface area contributed by atoms with Crippen LogP contribution in [0.2, 0.25) is 0 Å². The van der Waals surface area contributed by atoms with Gasteiger partial charge in [0.25, 0.3) is 0 Å². The summed E-state index contributed by atoms with van der Waals surface area (Å²) >= 11 is 3.48. The molecule has 0 bridgehead atoms. The fourth-order valence-electron chi connectivity index (χ4n) is 3.98. The number of piperidine rings is 1. The number of carbonyl (C=O) groups is 1. The first-order chi connectivity index (χ1) is 13.6. The van der Waals surface area contributed by atoms with Gasteiger partial charge in [-0.05, 0) is 55.5 Å². The van der Waals surface area contributed by atoms with E-state index < -0.39 is 0 Å². The zero-order chi connectivity index (χ0) is 19.1. The van der Waals surface area contributed by atoms with Crippen molar-refractivity contribution in [2.24, 2.45) is 5.92 Å². The third-order valence-electron chi connectivity index (χ3n) is 5.85. The van der Waals surface area contributed by atoms with E-state index >= 15 is 0 Å². The molecule has 1 N–H and O–H groups in total. The average Bonchev–Trinajstić information content (AvgIpc) is 3.34. The molecule has 28 heavy (non-hydrogen) atoms. The maximum absolute atomic E-state index is 12.9. The number of nitrogens with zero attached hydrogens (tertiary/aromatic N) is 5. The number of amides is 1. The number of carbonyl (C=O) groups excluding carboxylic acids is 1. The van der Waals surface area contributed by atoms with Crippen LogP contribution in [0.4, 0.5) is 5.82 Å². The zero-order valence-electron chi connectivity index (χ0n) is 15.4. The number of benzene rings is 1. The van der Waals surface area contributed by atoms with Crippen molar-refractivity contribution in [2.75, 3.05) is 18.0 Å². The average molecular weight is 441 g/mol. The van der Waals surface area contributed by atoms with Gasteiger partial charge in [-0.1, -0.05) is 28.1 Å². The molecule has 8 heteroatoms. The zero-order valence-corrected chi connectivity index (χ0v) is 17.0. The van der Waals surface area contributed by atoms with Gasteiger partial charge in [0.15, 0.2) is 5.65 Å². The summed E-state index contributed by atoms with van der Waals surface area (Å²) in [5, 5.41) is 15.8. The maximum Gasteiger partial charge on any atom is 0.223 e. The number of halogens is 1. The Kier molecular flexibility index (Phi) is 4.30. The number of fused-ring (bicyclic) bond motifs is 1. The van der Waals surface area contributed by atoms with Crippen molar-refractivity contribution < 1.29 is 4.79 Å². The summed E-state index contributed by atoms with van der Waals surface area (Å²) < 4.78 is 2.74. The third kappa shape index (κ3) is 3.26. The van der Waals surface area contributed by atoms with Crippen LogP contribution in [0, 0.1) is 5.92 Å². The Hall–Kier alpha value is -2.48. The quantitative estimate of drug-likeness (QED) is 0.674. The van der Waals surface area contributed by atoms with Crippen LogP contribution in [0.25, 0.3) is 5.65 Å². The highest BCUT2D eigenvalue weighted by Gasteiger charge is 2.46. The molecule has 0 spiro atoms. The van der Waals surface area contributed by atoms with Gasteiger partial charge in [0.2, 0.25) is 5.91 Å². The van der Waals surface area contributed by atoms with E-state index in [-0.39, 0.29) is 17.4 Å². The second-order valence-corrected chi connectivity index (χ2v) is 8.58. The molecular weight excluding hydrogens is 420 g/mol. The van der Waals surface area contributed by atoms with Crippen molar-refractivity contribution >= 4 is 33.3 Å². The lowest BCUT2D eigenvalue weighted by Gasteiger charge is -2.33. The highest BCUT2D eigenvalue weighted by Crippen LogP contribution is 2.46. The van der Waals surface area contributed by atoms with Crippen LogP contribution >= 0.6 is 15.9 Å². The van der Waals surface area contributed by atoms with Gasteiger partial charge < -0.3 is 10.2 Å². The van der Waals surface area contributed by atoms with Crippen LogP contribution in [0.5, 0.6) is 0 Å². The highest BCUT2D eigenvalue weighted by molar-refractivity contribution is 9.10. The number of aromatic nitrogens is 4. The van der Waals surface area contributed by atoms with Gasteiger partial charge >= 0.3 is 0 Å². The third-order valence-corrected chi connectivity index (χ3v) is 6.38. The molecule has 1 aliphatic heterocycles. The molecule has 1 amide bonds. The van der Waals surface area contributed by atoms with Crippen LogP contribution in [-0.2, 0) is 10.3 Å². The number of anilines is 1. The van der Waals surface area contributed by atoms with Gasteiger partial charge in [0, 0.05) is 23.5 Å². The van der Waals surface area contributed by atoms with Crippen molar-refractivity contribution in [1.82, 2.24) is 25.1 Å². The maximum atomic E-state index is 12.9. The Bertz CT molecular complexity index is 1000. The highest BCUT2D eigenvalue weighted by atomic mass is 79.9. The van der Waals surface area contributed by atoms with E-state index in [0.717, 1.165) is 54.7 Å². The fourth-order valence-corrected chi connectivity index (χ4v) is 4.24. The van der Waals surface area contributed by atoms with E-state index in [1.165, 1.54) is 5.56 Å². The van der Waals surface area contributed by atoms with Crippen LogP contribution in [0.3, 0.4) is 0 Å². The summed E-state index contributed by atoms with van der Waals surface area (Å²) in [6.45, 7) is 1.65. The molecule has 1 aromatic carbocycles. The summed E-state index contributed by atoms with van der Waals surface area (Å²) in [6, 6.07) is 12.2. The van der Waals surface area contributed by atoms with E-state index in [0.29, 0.717) is 0 Å². The Morgan fingerprint density at radius 1 is 1.11 bits per heavy atom. The molecule has 3 aromatic rings. The molecule has 5 rings (SSSR count). The normalized spacial score (nSPS) is 19.0. The molecule has 2 aromatic heterocycles. The van der Waals surface area contributed by atoms with E-state index in [1.54, 1.807) is 10.8 Å². The van der Waals surface area contributed by atoms with Gasteiger partial charge in [-0.25, -0.2) is 0 Å². The van der Waals surface area contributed by atoms with Crippen molar-refractivity contribution in [3.05, 3.63) is 52.8 Å². The topological polar surface area (TPSA) is 75.4 Å². The minimum absolute atomic E-state index is 0.0582. The van der Waals surface area contributed by atoms with Gasteiger partial charge in [-0.15, -0.1) is 15.3 Å². The summed E-state index contributed by atoms with van der Waals surface area (Å²) in [5.74, 6) is 1.14. The fraction of sp³-hybridized carbons (Fsp3) is 0.400. The predicted octanol–water partition coefficient (Wildman–Crippen LogP) is 2.91. The van der Waals surface area contributed by atoms with E-state index in [2.05, 4.69) is 53.6 Å². The first kappa shape index (κ1) is 17.6. The van der Waals surface area contributed by atoms with Crippen molar-refractivity contribution in [1.29, 1.82) is 0 Å². The number of rotatable bonds is 4. The van der Waals surface area contributed by atoms with E-state index in [9.17, 15) is 4.79 Å². The number of hydrogen-bond acceptors (Lipinski definition) is 5. The van der Waals surface area contributed by atoms with E-state index in [1.807, 2.05) is 24.3 Å². The molecule has 0 unspecified atom stereocenters. The minimum Gasteiger partial charge on any atom is -0.355 e. The van der Waals surface area contributed by atoms with Crippen molar-refractivity contribution in [2.45, 2.75) is 31.2 Å². The summed E-state index contributed by atoms with van der Waals surface area (Å²) in [5.41, 5.74) is 1.78. The van der Waals surface area contributed by atoms with Crippen LogP contribution in [-0.4, -0.2) is 38.8 Å². The van der Waals surface area contributed by atoms with Crippen molar-refractivity contribution in [3.63, 3.8) is 0 Å². The molecule has 0 radical (unpaired) electrons. The second kappa shape index (κ2) is 6.84. The lowest BCUT2D eigenvalue weighted by atomic mass is 9.94. The number of nitrogens with one attached hydrogen (secondary N) is 1. The van der Waals surface area contributed by atoms with Crippen molar-refractivity contribution in [3.8, 4) is 0 Å². The molecule has 1 saturated heterocycles. The van der Waals surface area contributed by atoms with Gasteiger partial charge in [-0.3, -0.25) is 4.79 Å². The summed E-state index contributed by atoms with van der Waals surface area (Å²) in [4.78, 5) is 15.1. The molecule has 2 aliphatic rings. The Balaban J connectivity index is 1.21. The lowest BCUT2D eigenvalue weighted by molar-refractivity contribution is -0.126. The number of hydrogen-bond donors (Lipinski definition) is 1. The van der Waals surface area contributed by atoms with E-state index in [4.69, 9.17) is 0 Å². The molecule has 3 heterocycles. The van der Waals surface area contributed by atoms with Gasteiger partial charge in [0.05, 0.1) is 5.54 Å². The molecule has 1 aliphatic carbocycles. The molecule has 7 nitrogen and oxygen atoms in total. The van der Waals surface area contributed by atoms with Crippen LogP contribution < -0.4 is 10.2 Å². The van der Waals surface area contributed by atoms with Crippen LogP contribution in [0.1, 0.15) is 31.2 Å². The smallest absolute Gasteiger partial charge is 0.223 e. The Morgan fingerprint density at radius 2 is 1.86 bits per heavy atom. The molecule has 2 fully saturated rings. The Morgan fingerprint density at radius 3 is 2.57 bits per heavy atom. The first-order valence-electron chi connectivity index (χ1n) is 9.63. The molecule has 144 valence electrons. The summed E-state index contributed by atoms with van der Waals surface area (Å²) in [7, 11) is 0. The Labute approximate surface area is 171 Å². The van der Waals surface area contributed by atoms with Crippen LogP contribution in [0.15, 0.2) is 47.2 Å². The summed E-state index contributed by atoms with van der Waals surface area (Å²) in [6.07, 6.45) is 5.31. The standard InChI is InChI=1S/C20H21BrN6O/c21-16-3-1-15(2-4-16)20(9-10-20)23-19(28)14-7-11-26(12-8-14)18-6-5-17-24-22-13-27(17)25-18/h1-6,13-14H,7-12H2,(H,23,28). The predicted molar refractivity (Wildman–Crippen MR) is 109 cm³/mol.